The number of rotatable bonds is 5. The first-order valence-corrected chi connectivity index (χ1v) is 10.1. The standard InChI is InChI=1S/C23H22N4O5/c1-23(2)22(31)25-16-9-5-6-10-17(16)27(23)19(28)13-32-20(29)12-11-18-24-15-8-4-3-7-14(15)21(30)26-18/h3-10H,11-13H2,1-2H3,(H,25,31)(H,24,26,30). The number of carbonyl (C=O) groups is 3. The molecule has 0 saturated heterocycles. The van der Waals surface area contributed by atoms with Crippen molar-refractivity contribution < 1.29 is 19.1 Å². The van der Waals surface area contributed by atoms with Gasteiger partial charge in [-0.1, -0.05) is 24.3 Å². The minimum absolute atomic E-state index is 0.0605. The number of H-pyrrole nitrogens is 1. The SMILES string of the molecule is CC1(C)C(=O)Nc2ccccc2N1C(=O)COC(=O)CCc1nc2ccccc2c(=O)[nH]1. The van der Waals surface area contributed by atoms with Gasteiger partial charge in [0.15, 0.2) is 6.61 Å². The zero-order valence-corrected chi connectivity index (χ0v) is 17.7. The molecule has 0 atom stereocenters. The first-order chi connectivity index (χ1) is 15.3. The first kappa shape index (κ1) is 21.2. The van der Waals surface area contributed by atoms with Crippen molar-refractivity contribution in [2.75, 3.05) is 16.8 Å². The number of fused-ring (bicyclic) bond motifs is 2. The number of aryl methyl sites for hydroxylation is 1. The van der Waals surface area contributed by atoms with Gasteiger partial charge in [0, 0.05) is 6.42 Å². The van der Waals surface area contributed by atoms with Crippen LogP contribution in [0.5, 0.6) is 0 Å². The van der Waals surface area contributed by atoms with Crippen LogP contribution >= 0.6 is 0 Å². The molecule has 0 saturated carbocycles. The Kier molecular flexibility index (Phi) is 5.48. The Balaban J connectivity index is 1.40. The number of hydrogen-bond acceptors (Lipinski definition) is 6. The lowest BCUT2D eigenvalue weighted by molar-refractivity contribution is -0.148. The van der Waals surface area contributed by atoms with E-state index in [9.17, 15) is 19.2 Å². The van der Waals surface area contributed by atoms with Gasteiger partial charge in [0.05, 0.1) is 28.7 Å². The molecule has 2 amide bonds. The van der Waals surface area contributed by atoms with E-state index in [2.05, 4.69) is 15.3 Å². The molecule has 2 aromatic carbocycles. The molecule has 0 bridgehead atoms. The van der Waals surface area contributed by atoms with Crippen molar-refractivity contribution in [2.45, 2.75) is 32.2 Å². The van der Waals surface area contributed by atoms with Crippen molar-refractivity contribution in [3.05, 3.63) is 64.7 Å². The van der Waals surface area contributed by atoms with Crippen molar-refractivity contribution in [3.63, 3.8) is 0 Å². The Morgan fingerprint density at radius 1 is 1.06 bits per heavy atom. The summed E-state index contributed by atoms with van der Waals surface area (Å²) in [6.07, 6.45) is 0.0998. The molecular formula is C23H22N4O5. The molecule has 2 heterocycles. The summed E-state index contributed by atoms with van der Waals surface area (Å²) in [4.78, 5) is 58.1. The molecule has 0 radical (unpaired) electrons. The van der Waals surface area contributed by atoms with Crippen LogP contribution in [0.3, 0.4) is 0 Å². The number of aromatic nitrogens is 2. The van der Waals surface area contributed by atoms with Crippen molar-refractivity contribution in [2.24, 2.45) is 0 Å². The topological polar surface area (TPSA) is 121 Å². The number of nitrogens with one attached hydrogen (secondary N) is 2. The predicted molar refractivity (Wildman–Crippen MR) is 118 cm³/mol. The number of anilines is 2. The molecule has 0 fully saturated rings. The van der Waals surface area contributed by atoms with Gasteiger partial charge < -0.3 is 15.0 Å². The van der Waals surface area contributed by atoms with Gasteiger partial charge >= 0.3 is 5.97 Å². The van der Waals surface area contributed by atoms with E-state index in [0.717, 1.165) is 0 Å². The van der Waals surface area contributed by atoms with Crippen LogP contribution in [-0.4, -0.2) is 39.9 Å². The largest absolute Gasteiger partial charge is 0.456 e. The highest BCUT2D eigenvalue weighted by Gasteiger charge is 2.43. The van der Waals surface area contributed by atoms with Crippen LogP contribution in [0.2, 0.25) is 0 Å². The Bertz CT molecular complexity index is 1280. The highest BCUT2D eigenvalue weighted by molar-refractivity contribution is 6.14. The molecule has 4 rings (SSSR count). The summed E-state index contributed by atoms with van der Waals surface area (Å²) >= 11 is 0. The lowest BCUT2D eigenvalue weighted by atomic mass is 9.96. The summed E-state index contributed by atoms with van der Waals surface area (Å²) in [6.45, 7) is 2.74. The van der Waals surface area contributed by atoms with Crippen molar-refractivity contribution in [1.82, 2.24) is 9.97 Å². The van der Waals surface area contributed by atoms with E-state index in [0.29, 0.717) is 28.1 Å². The van der Waals surface area contributed by atoms with E-state index in [1.165, 1.54) is 4.90 Å². The third kappa shape index (κ3) is 3.96. The van der Waals surface area contributed by atoms with Gasteiger partial charge in [-0.3, -0.25) is 24.1 Å². The Morgan fingerprint density at radius 3 is 2.59 bits per heavy atom. The number of aromatic amines is 1. The third-order valence-corrected chi connectivity index (χ3v) is 5.34. The van der Waals surface area contributed by atoms with E-state index >= 15 is 0 Å². The Hall–Kier alpha value is -4.01. The van der Waals surface area contributed by atoms with Crippen molar-refractivity contribution >= 4 is 40.1 Å². The van der Waals surface area contributed by atoms with E-state index in [-0.39, 0.29) is 24.3 Å². The van der Waals surface area contributed by atoms with Gasteiger partial charge in [-0.2, -0.15) is 0 Å². The maximum absolute atomic E-state index is 12.9. The number of benzene rings is 2. The predicted octanol–water partition coefficient (Wildman–Crippen LogP) is 2.16. The molecule has 3 aromatic rings. The number of amides is 2. The highest BCUT2D eigenvalue weighted by Crippen LogP contribution is 2.36. The maximum Gasteiger partial charge on any atom is 0.306 e. The second-order valence-corrected chi connectivity index (χ2v) is 7.95. The van der Waals surface area contributed by atoms with Gasteiger partial charge in [-0.15, -0.1) is 0 Å². The summed E-state index contributed by atoms with van der Waals surface area (Å²) < 4.78 is 5.16. The normalized spacial score (nSPS) is 14.6. The van der Waals surface area contributed by atoms with Crippen LogP contribution in [0, 0.1) is 0 Å². The maximum atomic E-state index is 12.9. The summed E-state index contributed by atoms with van der Waals surface area (Å²) in [6, 6.07) is 13.9. The van der Waals surface area contributed by atoms with Gasteiger partial charge in [-0.05, 0) is 38.1 Å². The number of hydrogen-bond donors (Lipinski definition) is 2. The van der Waals surface area contributed by atoms with E-state index in [1.807, 2.05) is 0 Å². The van der Waals surface area contributed by atoms with Crippen LogP contribution in [0.1, 0.15) is 26.1 Å². The van der Waals surface area contributed by atoms with Gasteiger partial charge in [0.25, 0.3) is 11.5 Å². The zero-order valence-electron chi connectivity index (χ0n) is 17.7. The molecule has 0 aliphatic carbocycles. The van der Waals surface area contributed by atoms with E-state index < -0.39 is 24.0 Å². The first-order valence-electron chi connectivity index (χ1n) is 10.1. The van der Waals surface area contributed by atoms with Gasteiger partial charge in [-0.25, -0.2) is 4.98 Å². The monoisotopic (exact) mass is 434 g/mol. The average Bonchev–Trinajstić information content (AvgIpc) is 2.77. The molecule has 32 heavy (non-hydrogen) atoms. The summed E-state index contributed by atoms with van der Waals surface area (Å²) in [5.74, 6) is -1.09. The lowest BCUT2D eigenvalue weighted by Crippen LogP contribution is -2.59. The van der Waals surface area contributed by atoms with Crippen molar-refractivity contribution in [1.29, 1.82) is 0 Å². The van der Waals surface area contributed by atoms with Crippen LogP contribution < -0.4 is 15.8 Å². The zero-order chi connectivity index (χ0) is 22.9. The van der Waals surface area contributed by atoms with Crippen LogP contribution in [0.25, 0.3) is 10.9 Å². The number of nitrogens with zero attached hydrogens (tertiary/aromatic N) is 2. The molecule has 9 heteroatoms. The number of esters is 1. The molecule has 0 unspecified atom stereocenters. The van der Waals surface area contributed by atoms with E-state index in [4.69, 9.17) is 4.74 Å². The van der Waals surface area contributed by atoms with Crippen molar-refractivity contribution in [3.8, 4) is 0 Å². The number of para-hydroxylation sites is 3. The number of ether oxygens (including phenoxy) is 1. The third-order valence-electron chi connectivity index (χ3n) is 5.34. The smallest absolute Gasteiger partial charge is 0.306 e. The fourth-order valence-corrected chi connectivity index (χ4v) is 3.65. The average molecular weight is 434 g/mol. The molecule has 1 aromatic heterocycles. The molecule has 9 nitrogen and oxygen atoms in total. The van der Waals surface area contributed by atoms with Gasteiger partial charge in [0.2, 0.25) is 5.91 Å². The second kappa shape index (κ2) is 8.26. The Labute approximate surface area is 183 Å². The summed E-state index contributed by atoms with van der Waals surface area (Å²) in [5.41, 5.74) is 0.170. The van der Waals surface area contributed by atoms with Crippen LogP contribution in [-0.2, 0) is 25.5 Å². The lowest BCUT2D eigenvalue weighted by Gasteiger charge is -2.41. The molecule has 2 N–H and O–H groups in total. The highest BCUT2D eigenvalue weighted by atomic mass is 16.5. The quantitative estimate of drug-likeness (QED) is 0.594. The molecular weight excluding hydrogens is 412 g/mol. The summed E-state index contributed by atoms with van der Waals surface area (Å²) in [5, 5.41) is 3.25. The van der Waals surface area contributed by atoms with Crippen LogP contribution in [0.15, 0.2) is 53.3 Å². The minimum Gasteiger partial charge on any atom is -0.456 e. The second-order valence-electron chi connectivity index (χ2n) is 7.95. The Morgan fingerprint density at radius 2 is 1.78 bits per heavy atom. The fraction of sp³-hybridized carbons (Fsp3) is 0.261. The fourth-order valence-electron chi connectivity index (χ4n) is 3.65. The van der Waals surface area contributed by atoms with Gasteiger partial charge in [0.1, 0.15) is 11.4 Å². The molecule has 1 aliphatic heterocycles. The molecule has 1 aliphatic rings. The van der Waals surface area contributed by atoms with E-state index in [1.54, 1.807) is 62.4 Å². The van der Waals surface area contributed by atoms with Crippen LogP contribution in [0.4, 0.5) is 11.4 Å². The summed E-state index contributed by atoms with van der Waals surface area (Å²) in [7, 11) is 0. The molecule has 0 spiro atoms. The number of carbonyl (C=O) groups excluding carboxylic acids is 3. The minimum atomic E-state index is -1.15. The molecule has 164 valence electrons.